The van der Waals surface area contributed by atoms with Crippen LogP contribution in [0.15, 0.2) is 117 Å². The second-order valence-electron chi connectivity index (χ2n) is 33.5. The summed E-state index contributed by atoms with van der Waals surface area (Å²) in [5.41, 5.74) is 37.2. The van der Waals surface area contributed by atoms with Crippen LogP contribution < -0.4 is 22.9 Å². The Hall–Kier alpha value is -5.90. The van der Waals surface area contributed by atoms with Gasteiger partial charge in [0.2, 0.25) is 15.9 Å². The highest BCUT2D eigenvalue weighted by molar-refractivity contribution is 7.90. The fraction of sp³-hybridized carbons (Fsp3) is 0.593. The predicted molar refractivity (Wildman–Crippen MR) is 396 cm³/mol. The lowest BCUT2D eigenvalue weighted by Crippen LogP contribution is -2.49. The van der Waals surface area contributed by atoms with Crippen molar-refractivity contribution in [3.05, 3.63) is 186 Å². The van der Waals surface area contributed by atoms with E-state index in [-0.39, 0.29) is 69.7 Å². The van der Waals surface area contributed by atoms with Crippen LogP contribution in [0.4, 0.5) is 35.1 Å². The summed E-state index contributed by atoms with van der Waals surface area (Å²) in [4.78, 5) is 28.7. The van der Waals surface area contributed by atoms with Crippen molar-refractivity contribution in [1.82, 2.24) is 38.6 Å². The van der Waals surface area contributed by atoms with Crippen molar-refractivity contribution < 1.29 is 67.3 Å². The van der Waals surface area contributed by atoms with Crippen molar-refractivity contribution in [2.24, 2.45) is 34.8 Å². The first-order chi connectivity index (χ1) is 52.2. The van der Waals surface area contributed by atoms with Gasteiger partial charge in [-0.05, 0) is 188 Å². The summed E-state index contributed by atoms with van der Waals surface area (Å²) in [6.07, 6.45) is 5.26. The standard InChI is InChI=1S/C22H29F2N3O2.C21H27F2N3O.C20H25F2N3O3S.C18H23F2N3O/c1-13(2)5-21(28)27-10-14-8-26(9-15(14)11-27)17-7-20(25)22(29-12-17)18-6-16(23)3-4-19(18)24;22-16-3-4-19(23)18(5-16)21-20(24)6-17(12-27-21)26-10-14-8-25(7-13-1-2-13)9-15(14)11-26;21-14-1-4-18(22)17(5-14)20-19(23)6-15(11-28-20)24-7-12-9-25(10-13(12)8-24)29(26,27)16-2-3-16;1-22-6-11-8-23(9-12(11)7-22)14-5-17(21)18(24-10-14)15-4-13(19)2-3-16(15)20/h3-4,6,13,17,20,22H,5,7-12,25H2,1-2H3;3-5,13,17,20-21H,1-2,6-12,24H2;1,4-5,15-16,19-20H,2-3,6-11,23H2;2-4,14,17-18H,5-10,21H2,1H3/t17-,20+,22-;17-,20+,21-;15-,19+,20-;14-,17+,18-/m1111/s1. The van der Waals surface area contributed by atoms with Gasteiger partial charge in [0.25, 0.3) is 0 Å². The molecule has 2 aliphatic carbocycles. The van der Waals surface area contributed by atoms with Crippen LogP contribution in [-0.4, -0.2) is 251 Å². The summed E-state index contributed by atoms with van der Waals surface area (Å²) in [6, 6.07) is 12.9. The lowest BCUT2D eigenvalue weighted by Gasteiger charge is -2.39. The largest absolute Gasteiger partial charge is 0.370 e. The molecule has 1 amide bonds. The second-order valence-corrected chi connectivity index (χ2v) is 35.7. The van der Waals surface area contributed by atoms with Crippen LogP contribution in [0.2, 0.25) is 0 Å². The number of carbonyl (C=O) groups is 1. The SMILES string of the molecule is CC(C)CC(=O)N1CC2=C(C1)CN([C@H]1CO[C@H](c3cc(F)ccc3F)[C@@H](N)C1)C2.CN1CC2=C(C1)CN([C@H]1CO[C@H](c3cc(F)ccc3F)[C@@H](N)C1)C2.N[C@H]1C[C@@H](N2CC3=C(C2)CN(S(=O)(=O)C2CC2)C3)CO[C@@H]1c1cc(F)ccc1F.N[C@H]1C[C@@H](N2CC3=C(CN(CC4CC4)C3)C2)CO[C@@H]1c1cc(F)ccc1F. The maximum atomic E-state index is 14.1. The number of benzene rings is 4. The Kier molecular flexibility index (Phi) is 23.7. The van der Waals surface area contributed by atoms with Crippen LogP contribution in [0.5, 0.6) is 0 Å². The molecule has 18 rings (SSSR count). The Bertz CT molecular complexity index is 4230. The highest BCUT2D eigenvalue weighted by Gasteiger charge is 2.48. The normalized spacial score (nSPS) is 30.8. The van der Waals surface area contributed by atoms with Gasteiger partial charge >= 0.3 is 0 Å². The van der Waals surface area contributed by atoms with Crippen LogP contribution in [-0.2, 0) is 33.8 Å². The van der Waals surface area contributed by atoms with E-state index in [1.807, 2.05) is 4.90 Å². The number of nitrogens with zero attached hydrogens (tertiary/aromatic N) is 8. The van der Waals surface area contributed by atoms with E-state index in [0.717, 1.165) is 152 Å². The summed E-state index contributed by atoms with van der Waals surface area (Å²) in [6.45, 7) is 20.9. The number of rotatable bonds is 14. The molecule has 12 atom stereocenters. The van der Waals surface area contributed by atoms with Crippen LogP contribution in [0.3, 0.4) is 0 Å². The quantitative estimate of drug-likeness (QED) is 0.0689. The fourth-order valence-electron chi connectivity index (χ4n) is 18.5. The number of hydrogen-bond donors (Lipinski definition) is 4. The summed E-state index contributed by atoms with van der Waals surface area (Å²) in [7, 11) is -1.00. The third-order valence-corrected chi connectivity index (χ3v) is 26.9. The molecule has 0 bridgehead atoms. The van der Waals surface area contributed by atoms with Gasteiger partial charge in [0.15, 0.2) is 0 Å². The van der Waals surface area contributed by atoms with Gasteiger partial charge in [0.05, 0.1) is 31.7 Å². The minimum absolute atomic E-state index is 0.0805. The molecule has 0 spiro atoms. The Morgan fingerprint density at radius 3 is 1.00 bits per heavy atom. The molecule has 4 saturated heterocycles. The molecule has 4 aromatic carbocycles. The van der Waals surface area contributed by atoms with E-state index in [1.54, 1.807) is 15.5 Å². The van der Waals surface area contributed by atoms with Gasteiger partial charge in [-0.3, -0.25) is 34.2 Å². The van der Waals surface area contributed by atoms with Crippen LogP contribution >= 0.6 is 0 Å². The third-order valence-electron chi connectivity index (χ3n) is 24.6. The Morgan fingerprint density at radius 2 is 0.716 bits per heavy atom. The molecule has 592 valence electrons. The number of hydrogen-bond acceptors (Lipinski definition) is 17. The van der Waals surface area contributed by atoms with E-state index in [2.05, 4.69) is 50.3 Å². The molecule has 19 nitrogen and oxygen atoms in total. The van der Waals surface area contributed by atoms with Gasteiger partial charge in [-0.2, -0.15) is 4.31 Å². The molecule has 0 radical (unpaired) electrons. The van der Waals surface area contributed by atoms with E-state index in [0.29, 0.717) is 90.9 Å². The van der Waals surface area contributed by atoms with Crippen molar-refractivity contribution in [1.29, 1.82) is 0 Å². The number of ether oxygens (including phenoxy) is 4. The van der Waals surface area contributed by atoms with E-state index in [4.69, 9.17) is 41.9 Å². The Balaban J connectivity index is 0.000000116. The highest BCUT2D eigenvalue weighted by atomic mass is 32.2. The van der Waals surface area contributed by atoms with E-state index in [9.17, 15) is 48.3 Å². The van der Waals surface area contributed by atoms with Crippen molar-refractivity contribution in [2.75, 3.05) is 145 Å². The lowest BCUT2D eigenvalue weighted by molar-refractivity contribution is -0.130. The van der Waals surface area contributed by atoms with Crippen molar-refractivity contribution in [2.45, 2.75) is 150 Å². The first-order valence-corrected chi connectivity index (χ1v) is 40.4. The minimum atomic E-state index is -3.14. The van der Waals surface area contributed by atoms with Gasteiger partial charge in [0.1, 0.15) is 71.0 Å². The number of likely N-dealkylation sites (N-methyl/N-ethyl adjacent to an activating group) is 1. The monoisotopic (exact) mass is 1540 g/mol. The number of sulfonamides is 1. The maximum absolute atomic E-state index is 14.1. The molecule has 8 N–H and O–H groups in total. The molecule has 28 heteroatoms. The Labute approximate surface area is 634 Å². The first kappa shape index (κ1) is 78.4. The van der Waals surface area contributed by atoms with E-state index >= 15 is 0 Å². The van der Waals surface area contributed by atoms with E-state index < -0.39 is 93.1 Å². The van der Waals surface area contributed by atoms with Gasteiger partial charge in [-0.1, -0.05) is 13.8 Å². The van der Waals surface area contributed by atoms with Crippen molar-refractivity contribution >= 4 is 15.9 Å². The molecule has 109 heavy (non-hydrogen) atoms. The molecule has 12 heterocycles. The average Bonchev–Trinajstić information content (AvgIpc) is 1.62. The van der Waals surface area contributed by atoms with Crippen LogP contribution in [0.1, 0.15) is 118 Å². The van der Waals surface area contributed by atoms with Crippen LogP contribution in [0.25, 0.3) is 0 Å². The predicted octanol–water partition coefficient (Wildman–Crippen LogP) is 8.30. The van der Waals surface area contributed by atoms with Crippen molar-refractivity contribution in [3.8, 4) is 0 Å². The molecular formula is C81H104F8N12O7S. The molecular weight excluding hydrogens is 1440 g/mol. The van der Waals surface area contributed by atoms with E-state index in [1.165, 1.54) is 71.0 Å². The molecule has 0 unspecified atom stereocenters. The average molecular weight is 1540 g/mol. The number of halogens is 8. The zero-order valence-electron chi connectivity index (χ0n) is 62.5. The molecule has 14 aliphatic rings. The zero-order valence-corrected chi connectivity index (χ0v) is 63.3. The molecule has 12 aliphatic heterocycles. The summed E-state index contributed by atoms with van der Waals surface area (Å²) < 4.78 is 160. The number of nitrogens with two attached hydrogens (primary N) is 4. The van der Waals surface area contributed by atoms with Gasteiger partial charge in [-0.25, -0.2) is 43.5 Å². The fourth-order valence-corrected chi connectivity index (χ4v) is 20.3. The van der Waals surface area contributed by atoms with Gasteiger partial charge in [-0.15, -0.1) is 0 Å². The summed E-state index contributed by atoms with van der Waals surface area (Å²) >= 11 is 0. The summed E-state index contributed by atoms with van der Waals surface area (Å²) in [5.74, 6) is -2.30. The zero-order chi connectivity index (χ0) is 76.4. The minimum Gasteiger partial charge on any atom is -0.370 e. The van der Waals surface area contributed by atoms with Crippen LogP contribution in [0, 0.1) is 58.4 Å². The second kappa shape index (κ2) is 32.9. The number of amides is 1. The van der Waals surface area contributed by atoms with Crippen molar-refractivity contribution in [3.63, 3.8) is 0 Å². The molecule has 4 aromatic rings. The molecule has 2 saturated carbocycles. The van der Waals surface area contributed by atoms with Gasteiger partial charge in [0, 0.05) is 188 Å². The number of carbonyl (C=O) groups excluding carboxylic acids is 1. The lowest BCUT2D eigenvalue weighted by atomic mass is 9.93. The summed E-state index contributed by atoms with van der Waals surface area (Å²) in [5, 5.41) is -0.177. The smallest absolute Gasteiger partial charge is 0.223 e. The molecule has 6 fully saturated rings. The van der Waals surface area contributed by atoms with Gasteiger partial charge < -0.3 is 46.8 Å². The topological polar surface area (TPSA) is 218 Å². The first-order valence-electron chi connectivity index (χ1n) is 38.9. The maximum Gasteiger partial charge on any atom is 0.223 e. The third kappa shape index (κ3) is 17.7. The molecule has 0 aromatic heterocycles. The highest BCUT2D eigenvalue weighted by Crippen LogP contribution is 2.42. The Morgan fingerprint density at radius 1 is 0.422 bits per heavy atom.